The van der Waals surface area contributed by atoms with Gasteiger partial charge in [-0.3, -0.25) is 14.7 Å². The van der Waals surface area contributed by atoms with Crippen molar-refractivity contribution in [2.75, 3.05) is 7.11 Å². The minimum Gasteiger partial charge on any atom is -0.496 e. The molecule has 2 rings (SSSR count). The summed E-state index contributed by atoms with van der Waals surface area (Å²) in [6.45, 7) is 0. The third kappa shape index (κ3) is 1.57. The SMILES string of the molecule is COc1ccc([N+](=O)[O-])c2c1ccn2C(N)=O. The van der Waals surface area contributed by atoms with E-state index in [0.29, 0.717) is 11.1 Å². The quantitative estimate of drug-likeness (QED) is 0.629. The molecular formula is C10H9N3O4. The Hall–Kier alpha value is -2.57. The molecule has 0 aliphatic carbocycles. The van der Waals surface area contributed by atoms with Crippen molar-refractivity contribution in [2.24, 2.45) is 5.73 Å². The Bertz CT molecular complexity index is 617. The Labute approximate surface area is 95.5 Å². The highest BCUT2D eigenvalue weighted by atomic mass is 16.6. The number of benzene rings is 1. The first-order valence-electron chi connectivity index (χ1n) is 4.68. The van der Waals surface area contributed by atoms with Crippen LogP contribution in [0.1, 0.15) is 0 Å². The zero-order chi connectivity index (χ0) is 12.6. The maximum Gasteiger partial charge on any atom is 0.323 e. The number of hydrogen-bond acceptors (Lipinski definition) is 4. The molecule has 1 heterocycles. The molecule has 7 nitrogen and oxygen atoms in total. The molecule has 0 bridgehead atoms. The average molecular weight is 235 g/mol. The minimum atomic E-state index is -0.781. The first-order valence-corrected chi connectivity index (χ1v) is 4.68. The lowest BCUT2D eigenvalue weighted by atomic mass is 10.2. The second-order valence-corrected chi connectivity index (χ2v) is 3.33. The number of nitro benzene ring substituents is 1. The van der Waals surface area contributed by atoms with Gasteiger partial charge in [0.1, 0.15) is 11.3 Å². The van der Waals surface area contributed by atoms with Crippen molar-refractivity contribution in [1.29, 1.82) is 0 Å². The summed E-state index contributed by atoms with van der Waals surface area (Å²) < 4.78 is 6.09. The highest BCUT2D eigenvalue weighted by Gasteiger charge is 2.20. The fraction of sp³-hybridized carbons (Fsp3) is 0.100. The number of ether oxygens (including phenoxy) is 1. The Morgan fingerprint density at radius 1 is 1.47 bits per heavy atom. The Morgan fingerprint density at radius 3 is 2.71 bits per heavy atom. The molecule has 1 aromatic heterocycles. The average Bonchev–Trinajstić information content (AvgIpc) is 2.71. The van der Waals surface area contributed by atoms with Gasteiger partial charge in [-0.2, -0.15) is 0 Å². The number of primary amides is 1. The van der Waals surface area contributed by atoms with Crippen LogP contribution in [0.4, 0.5) is 10.5 Å². The number of fused-ring (bicyclic) bond motifs is 1. The Balaban J connectivity index is 2.89. The van der Waals surface area contributed by atoms with Crippen LogP contribution in [0, 0.1) is 10.1 Å². The monoisotopic (exact) mass is 235 g/mol. The summed E-state index contributed by atoms with van der Waals surface area (Å²) in [6.07, 6.45) is 1.38. The lowest BCUT2D eigenvalue weighted by Crippen LogP contribution is -2.18. The summed E-state index contributed by atoms with van der Waals surface area (Å²) in [4.78, 5) is 21.5. The van der Waals surface area contributed by atoms with E-state index < -0.39 is 11.0 Å². The van der Waals surface area contributed by atoms with E-state index in [1.54, 1.807) is 6.07 Å². The van der Waals surface area contributed by atoms with Gasteiger partial charge in [-0.15, -0.1) is 0 Å². The van der Waals surface area contributed by atoms with Gasteiger partial charge in [0, 0.05) is 17.6 Å². The van der Waals surface area contributed by atoms with Crippen LogP contribution < -0.4 is 10.5 Å². The molecule has 0 atom stereocenters. The molecule has 1 aromatic carbocycles. The molecule has 0 aliphatic rings. The lowest BCUT2D eigenvalue weighted by molar-refractivity contribution is -0.383. The zero-order valence-electron chi connectivity index (χ0n) is 8.91. The number of carbonyl (C=O) groups excluding carboxylic acids is 1. The first-order chi connectivity index (χ1) is 8.06. The third-order valence-electron chi connectivity index (χ3n) is 2.44. The largest absolute Gasteiger partial charge is 0.496 e. The van der Waals surface area contributed by atoms with E-state index >= 15 is 0 Å². The molecule has 0 saturated heterocycles. The second kappa shape index (κ2) is 3.78. The third-order valence-corrected chi connectivity index (χ3v) is 2.44. The predicted molar refractivity (Wildman–Crippen MR) is 60.1 cm³/mol. The van der Waals surface area contributed by atoms with Crippen LogP contribution in [-0.2, 0) is 0 Å². The number of nitro groups is 1. The van der Waals surface area contributed by atoms with Crippen molar-refractivity contribution >= 4 is 22.6 Å². The van der Waals surface area contributed by atoms with E-state index in [1.807, 2.05) is 0 Å². The maximum atomic E-state index is 11.2. The van der Waals surface area contributed by atoms with Crippen molar-refractivity contribution in [2.45, 2.75) is 0 Å². The topological polar surface area (TPSA) is 100 Å². The summed E-state index contributed by atoms with van der Waals surface area (Å²) in [7, 11) is 1.45. The highest BCUT2D eigenvalue weighted by molar-refractivity contribution is 5.99. The van der Waals surface area contributed by atoms with Crippen LogP contribution in [0.2, 0.25) is 0 Å². The second-order valence-electron chi connectivity index (χ2n) is 3.33. The number of amides is 1. The van der Waals surface area contributed by atoms with Crippen LogP contribution in [0.5, 0.6) is 5.75 Å². The molecule has 1 amide bonds. The van der Waals surface area contributed by atoms with Crippen LogP contribution >= 0.6 is 0 Å². The van der Waals surface area contributed by atoms with Crippen LogP contribution in [0.25, 0.3) is 10.9 Å². The number of rotatable bonds is 2. The van der Waals surface area contributed by atoms with Crippen LogP contribution in [0.3, 0.4) is 0 Å². The van der Waals surface area contributed by atoms with Gasteiger partial charge in [0.25, 0.3) is 5.69 Å². The molecule has 0 spiro atoms. The van der Waals surface area contributed by atoms with Crippen molar-refractivity contribution < 1.29 is 14.5 Å². The number of aromatic nitrogens is 1. The zero-order valence-corrected chi connectivity index (χ0v) is 8.91. The number of nitrogens with zero attached hydrogens (tertiary/aromatic N) is 2. The van der Waals surface area contributed by atoms with Crippen molar-refractivity contribution in [3.8, 4) is 5.75 Å². The van der Waals surface area contributed by atoms with Crippen molar-refractivity contribution in [1.82, 2.24) is 4.57 Å². The molecule has 2 aromatic rings. The van der Waals surface area contributed by atoms with E-state index in [1.165, 1.54) is 25.4 Å². The number of hydrogen-bond donors (Lipinski definition) is 1. The van der Waals surface area contributed by atoms with Crippen molar-refractivity contribution in [3.05, 3.63) is 34.5 Å². The standard InChI is InChI=1S/C10H9N3O4/c1-17-8-3-2-7(13(15)16)9-6(8)4-5-12(9)10(11)14/h2-5H,1H3,(H2,11,14). The van der Waals surface area contributed by atoms with Gasteiger partial charge in [-0.25, -0.2) is 4.79 Å². The maximum absolute atomic E-state index is 11.2. The van der Waals surface area contributed by atoms with E-state index in [4.69, 9.17) is 10.5 Å². The fourth-order valence-corrected chi connectivity index (χ4v) is 1.72. The Kier molecular flexibility index (Phi) is 2.43. The summed E-state index contributed by atoms with van der Waals surface area (Å²) in [6, 6.07) is 3.52. The number of carbonyl (C=O) groups is 1. The number of methoxy groups -OCH3 is 1. The van der Waals surface area contributed by atoms with Gasteiger partial charge in [-0.1, -0.05) is 0 Å². The predicted octanol–water partition coefficient (Wildman–Crippen LogP) is 1.48. The van der Waals surface area contributed by atoms with Gasteiger partial charge in [-0.05, 0) is 12.1 Å². The molecule has 0 aliphatic heterocycles. The normalized spacial score (nSPS) is 10.4. The smallest absolute Gasteiger partial charge is 0.323 e. The molecule has 0 radical (unpaired) electrons. The number of nitrogens with two attached hydrogens (primary N) is 1. The van der Waals surface area contributed by atoms with E-state index in [-0.39, 0.29) is 11.2 Å². The summed E-state index contributed by atoms with van der Waals surface area (Å²) in [5.41, 5.74) is 5.10. The van der Waals surface area contributed by atoms with Crippen LogP contribution in [0.15, 0.2) is 24.4 Å². The molecular weight excluding hydrogens is 226 g/mol. The van der Waals surface area contributed by atoms with Gasteiger partial charge in [0.05, 0.1) is 12.0 Å². The van der Waals surface area contributed by atoms with Crippen LogP contribution in [-0.4, -0.2) is 22.6 Å². The molecule has 0 saturated carbocycles. The summed E-state index contributed by atoms with van der Waals surface area (Å²) >= 11 is 0. The molecule has 7 heteroatoms. The summed E-state index contributed by atoms with van der Waals surface area (Å²) in [5, 5.41) is 11.4. The number of non-ortho nitro benzene ring substituents is 1. The van der Waals surface area contributed by atoms with Crippen molar-refractivity contribution in [3.63, 3.8) is 0 Å². The molecule has 88 valence electrons. The minimum absolute atomic E-state index is 0.141. The fourth-order valence-electron chi connectivity index (χ4n) is 1.72. The van der Waals surface area contributed by atoms with Gasteiger partial charge in [0.15, 0.2) is 0 Å². The van der Waals surface area contributed by atoms with Gasteiger partial charge < -0.3 is 10.5 Å². The Morgan fingerprint density at radius 2 is 2.18 bits per heavy atom. The molecule has 2 N–H and O–H groups in total. The van der Waals surface area contributed by atoms with E-state index in [2.05, 4.69) is 0 Å². The lowest BCUT2D eigenvalue weighted by Gasteiger charge is -2.04. The van der Waals surface area contributed by atoms with Gasteiger partial charge in [0.2, 0.25) is 0 Å². The van der Waals surface area contributed by atoms with E-state index in [0.717, 1.165) is 4.57 Å². The van der Waals surface area contributed by atoms with Gasteiger partial charge >= 0.3 is 6.03 Å². The van der Waals surface area contributed by atoms with E-state index in [9.17, 15) is 14.9 Å². The molecule has 17 heavy (non-hydrogen) atoms. The highest BCUT2D eigenvalue weighted by Crippen LogP contribution is 2.33. The molecule has 0 unspecified atom stereocenters. The summed E-state index contributed by atoms with van der Waals surface area (Å²) in [5.74, 6) is 0.450. The first kappa shape index (κ1) is 10.9. The molecule has 0 fully saturated rings.